The van der Waals surface area contributed by atoms with Crippen LogP contribution in [0.15, 0.2) is 24.3 Å². The Hall–Kier alpha value is -2.21. The minimum absolute atomic E-state index is 0.273. The standard InChI is InChI=1S/C19H25N5O/c20-18-15-7-3-4-8-16(15)21-17(22-18)13-23-9-11-24(12-10-23)19(25)14-5-1-2-6-14/h3-4,7-8,14H,1-2,5-6,9-13H2,(H2,20,21,22). The number of aromatic nitrogens is 2. The maximum absolute atomic E-state index is 12.5. The quantitative estimate of drug-likeness (QED) is 0.926. The number of nitrogen functional groups attached to an aromatic ring is 1. The molecular formula is C19H25N5O. The summed E-state index contributed by atoms with van der Waals surface area (Å²) in [6.45, 7) is 4.03. The summed E-state index contributed by atoms with van der Waals surface area (Å²) in [5.74, 6) is 1.93. The van der Waals surface area contributed by atoms with Crippen LogP contribution in [-0.2, 0) is 11.3 Å². The van der Waals surface area contributed by atoms with E-state index in [-0.39, 0.29) is 5.92 Å². The Kier molecular flexibility index (Phi) is 4.53. The first-order valence-electron chi connectivity index (χ1n) is 9.23. The van der Waals surface area contributed by atoms with Crippen LogP contribution in [0.2, 0.25) is 0 Å². The van der Waals surface area contributed by atoms with Gasteiger partial charge in [-0.25, -0.2) is 9.97 Å². The number of hydrogen-bond donors (Lipinski definition) is 1. The van der Waals surface area contributed by atoms with Crippen molar-refractivity contribution in [3.05, 3.63) is 30.1 Å². The van der Waals surface area contributed by atoms with Crippen molar-refractivity contribution >= 4 is 22.6 Å². The lowest BCUT2D eigenvalue weighted by Crippen LogP contribution is -2.49. The van der Waals surface area contributed by atoms with Crippen molar-refractivity contribution in [2.24, 2.45) is 5.92 Å². The summed E-state index contributed by atoms with van der Waals surface area (Å²) in [6, 6.07) is 7.82. The number of para-hydroxylation sites is 1. The Morgan fingerprint density at radius 1 is 1.08 bits per heavy atom. The summed E-state index contributed by atoms with van der Waals surface area (Å²) in [6.07, 6.45) is 4.56. The van der Waals surface area contributed by atoms with Gasteiger partial charge in [-0.05, 0) is 25.0 Å². The third-order valence-corrected chi connectivity index (χ3v) is 5.43. The molecule has 1 saturated carbocycles. The van der Waals surface area contributed by atoms with Crippen LogP contribution in [-0.4, -0.2) is 51.9 Å². The van der Waals surface area contributed by atoms with E-state index in [1.165, 1.54) is 12.8 Å². The van der Waals surface area contributed by atoms with Gasteiger partial charge in [0.2, 0.25) is 5.91 Å². The summed E-state index contributed by atoms with van der Waals surface area (Å²) in [7, 11) is 0. The van der Waals surface area contributed by atoms with Crippen molar-refractivity contribution in [2.75, 3.05) is 31.9 Å². The first-order valence-corrected chi connectivity index (χ1v) is 9.23. The Balaban J connectivity index is 1.38. The second-order valence-corrected chi connectivity index (χ2v) is 7.13. The lowest BCUT2D eigenvalue weighted by Gasteiger charge is -2.35. The first kappa shape index (κ1) is 16.3. The lowest BCUT2D eigenvalue weighted by molar-refractivity contribution is -0.137. The summed E-state index contributed by atoms with van der Waals surface area (Å²) >= 11 is 0. The molecule has 1 aromatic carbocycles. The highest BCUT2D eigenvalue weighted by Crippen LogP contribution is 2.27. The van der Waals surface area contributed by atoms with Crippen LogP contribution >= 0.6 is 0 Å². The summed E-state index contributed by atoms with van der Waals surface area (Å²) in [5.41, 5.74) is 6.96. The zero-order valence-corrected chi connectivity index (χ0v) is 14.5. The largest absolute Gasteiger partial charge is 0.383 e. The summed E-state index contributed by atoms with van der Waals surface area (Å²) < 4.78 is 0. The molecule has 2 N–H and O–H groups in total. The van der Waals surface area contributed by atoms with Crippen LogP contribution < -0.4 is 5.73 Å². The van der Waals surface area contributed by atoms with E-state index in [9.17, 15) is 4.79 Å². The van der Waals surface area contributed by atoms with Gasteiger partial charge in [-0.1, -0.05) is 25.0 Å². The van der Waals surface area contributed by atoms with E-state index >= 15 is 0 Å². The van der Waals surface area contributed by atoms with Gasteiger partial charge in [0, 0.05) is 37.5 Å². The normalized spacial score (nSPS) is 19.6. The fraction of sp³-hybridized carbons (Fsp3) is 0.526. The van der Waals surface area contributed by atoms with Crippen LogP contribution in [0.3, 0.4) is 0 Å². The molecule has 2 fully saturated rings. The fourth-order valence-electron chi connectivity index (χ4n) is 3.98. The highest BCUT2D eigenvalue weighted by Gasteiger charge is 2.29. The molecule has 4 rings (SSSR count). The van der Waals surface area contributed by atoms with E-state index in [4.69, 9.17) is 5.73 Å². The topological polar surface area (TPSA) is 75.3 Å². The first-order chi connectivity index (χ1) is 12.2. The average Bonchev–Trinajstić information content (AvgIpc) is 3.16. The minimum Gasteiger partial charge on any atom is -0.383 e. The van der Waals surface area contributed by atoms with Crippen molar-refractivity contribution in [1.29, 1.82) is 0 Å². The van der Waals surface area contributed by atoms with Gasteiger partial charge >= 0.3 is 0 Å². The van der Waals surface area contributed by atoms with E-state index in [0.717, 1.165) is 55.7 Å². The Bertz CT molecular complexity index is 763. The second-order valence-electron chi connectivity index (χ2n) is 7.13. The molecule has 6 heteroatoms. The van der Waals surface area contributed by atoms with Crippen LogP contribution in [0.1, 0.15) is 31.5 Å². The third-order valence-electron chi connectivity index (χ3n) is 5.43. The molecule has 2 aromatic rings. The van der Waals surface area contributed by atoms with Crippen LogP contribution in [0.25, 0.3) is 10.9 Å². The van der Waals surface area contributed by atoms with E-state index in [1.54, 1.807) is 0 Å². The SMILES string of the molecule is Nc1nc(CN2CCN(C(=O)C3CCCC3)CC2)nc2ccccc12. The fourth-order valence-corrected chi connectivity index (χ4v) is 3.98. The smallest absolute Gasteiger partial charge is 0.225 e. The van der Waals surface area contributed by atoms with Crippen LogP contribution in [0, 0.1) is 5.92 Å². The number of rotatable bonds is 3. The lowest BCUT2D eigenvalue weighted by atomic mass is 10.1. The Morgan fingerprint density at radius 2 is 1.80 bits per heavy atom. The molecule has 0 bridgehead atoms. The monoisotopic (exact) mass is 339 g/mol. The number of benzene rings is 1. The predicted octanol–water partition coefficient (Wildman–Crippen LogP) is 2.05. The Labute approximate surface area is 148 Å². The zero-order valence-electron chi connectivity index (χ0n) is 14.5. The van der Waals surface area contributed by atoms with E-state index in [1.807, 2.05) is 29.2 Å². The van der Waals surface area contributed by atoms with Gasteiger partial charge in [-0.2, -0.15) is 0 Å². The van der Waals surface area contributed by atoms with E-state index in [0.29, 0.717) is 18.3 Å². The molecule has 2 heterocycles. The maximum Gasteiger partial charge on any atom is 0.225 e. The van der Waals surface area contributed by atoms with Gasteiger partial charge in [0.1, 0.15) is 11.6 Å². The molecule has 25 heavy (non-hydrogen) atoms. The summed E-state index contributed by atoms with van der Waals surface area (Å²) in [4.78, 5) is 26.0. The second kappa shape index (κ2) is 6.96. The van der Waals surface area contributed by atoms with Gasteiger partial charge in [0.05, 0.1) is 12.1 Å². The van der Waals surface area contributed by atoms with Crippen molar-refractivity contribution in [1.82, 2.24) is 19.8 Å². The molecule has 1 amide bonds. The molecule has 2 aliphatic rings. The van der Waals surface area contributed by atoms with Gasteiger partial charge in [0.25, 0.3) is 0 Å². The Morgan fingerprint density at radius 3 is 2.56 bits per heavy atom. The van der Waals surface area contributed by atoms with Gasteiger partial charge in [-0.3, -0.25) is 9.69 Å². The third kappa shape index (κ3) is 3.44. The number of fused-ring (bicyclic) bond motifs is 1. The van der Waals surface area contributed by atoms with Gasteiger partial charge < -0.3 is 10.6 Å². The number of carbonyl (C=O) groups excluding carboxylic acids is 1. The average molecular weight is 339 g/mol. The van der Waals surface area contributed by atoms with Crippen LogP contribution in [0.5, 0.6) is 0 Å². The van der Waals surface area contributed by atoms with Crippen molar-refractivity contribution in [3.63, 3.8) is 0 Å². The molecule has 0 radical (unpaired) electrons. The number of carbonyl (C=O) groups is 1. The molecule has 132 valence electrons. The van der Waals surface area contributed by atoms with Crippen molar-refractivity contribution in [3.8, 4) is 0 Å². The maximum atomic E-state index is 12.5. The number of amides is 1. The molecular weight excluding hydrogens is 314 g/mol. The molecule has 0 atom stereocenters. The number of piperazine rings is 1. The molecule has 1 aliphatic heterocycles. The highest BCUT2D eigenvalue weighted by atomic mass is 16.2. The predicted molar refractivity (Wildman–Crippen MR) is 97.8 cm³/mol. The van der Waals surface area contributed by atoms with Gasteiger partial charge in [0.15, 0.2) is 0 Å². The molecule has 0 spiro atoms. The number of nitrogens with two attached hydrogens (primary N) is 1. The minimum atomic E-state index is 0.273. The zero-order chi connectivity index (χ0) is 17.2. The van der Waals surface area contributed by atoms with Crippen LogP contribution in [0.4, 0.5) is 5.82 Å². The number of nitrogens with zero attached hydrogens (tertiary/aromatic N) is 4. The molecule has 1 saturated heterocycles. The summed E-state index contributed by atoms with van der Waals surface area (Å²) in [5, 5.41) is 0.901. The highest BCUT2D eigenvalue weighted by molar-refractivity contribution is 5.87. The molecule has 1 aromatic heterocycles. The van der Waals surface area contributed by atoms with Crippen molar-refractivity contribution in [2.45, 2.75) is 32.2 Å². The van der Waals surface area contributed by atoms with Gasteiger partial charge in [-0.15, -0.1) is 0 Å². The van der Waals surface area contributed by atoms with E-state index in [2.05, 4.69) is 14.9 Å². The number of hydrogen-bond acceptors (Lipinski definition) is 5. The molecule has 1 aliphatic carbocycles. The van der Waals surface area contributed by atoms with Crippen molar-refractivity contribution < 1.29 is 4.79 Å². The number of anilines is 1. The van der Waals surface area contributed by atoms with E-state index < -0.39 is 0 Å². The molecule has 6 nitrogen and oxygen atoms in total. The molecule has 0 unspecified atom stereocenters.